The fourth-order valence-corrected chi connectivity index (χ4v) is 1.76. The maximum Gasteiger partial charge on any atom is 0.269 e. The number of non-ortho nitro benzene ring substituents is 1. The molecule has 4 heteroatoms. The van der Waals surface area contributed by atoms with Gasteiger partial charge in [0.1, 0.15) is 0 Å². The smallest absolute Gasteiger partial charge is 0.269 e. The summed E-state index contributed by atoms with van der Waals surface area (Å²) >= 11 is 0. The third-order valence-corrected chi connectivity index (χ3v) is 2.52. The van der Waals surface area contributed by atoms with Crippen LogP contribution < -0.4 is 5.32 Å². The van der Waals surface area contributed by atoms with Crippen LogP contribution >= 0.6 is 0 Å². The van der Waals surface area contributed by atoms with E-state index in [1.807, 2.05) is 6.07 Å². The van der Waals surface area contributed by atoms with Crippen LogP contribution in [0.1, 0.15) is 17.5 Å². The number of aryl methyl sites for hydroxylation is 1. The Labute approximate surface area is 82.1 Å². The average Bonchev–Trinajstić information content (AvgIpc) is 2.41. The van der Waals surface area contributed by atoms with Crippen LogP contribution in [-0.2, 0) is 13.0 Å². The number of rotatable bonds is 1. The highest BCUT2D eigenvalue weighted by Gasteiger charge is 2.12. The van der Waals surface area contributed by atoms with Gasteiger partial charge in [-0.15, -0.1) is 0 Å². The van der Waals surface area contributed by atoms with Gasteiger partial charge in [0, 0.05) is 18.7 Å². The summed E-state index contributed by atoms with van der Waals surface area (Å²) in [5, 5.41) is 13.8. The predicted octanol–water partition coefficient (Wildman–Crippen LogP) is 1.63. The second kappa shape index (κ2) is 3.75. The molecule has 4 nitrogen and oxygen atoms in total. The fraction of sp³-hybridized carbons (Fsp3) is 0.400. The van der Waals surface area contributed by atoms with Crippen LogP contribution in [0, 0.1) is 10.1 Å². The Kier molecular flexibility index (Phi) is 2.45. The van der Waals surface area contributed by atoms with Gasteiger partial charge in [-0.25, -0.2) is 0 Å². The normalized spacial score (nSPS) is 15.7. The quantitative estimate of drug-likeness (QED) is 0.543. The van der Waals surface area contributed by atoms with Crippen molar-refractivity contribution in [3.8, 4) is 0 Å². The molecule has 0 fully saturated rings. The Hall–Kier alpha value is -1.42. The van der Waals surface area contributed by atoms with Gasteiger partial charge in [-0.1, -0.05) is 6.07 Å². The summed E-state index contributed by atoms with van der Waals surface area (Å²) in [7, 11) is 0. The van der Waals surface area contributed by atoms with Gasteiger partial charge in [-0.2, -0.15) is 0 Å². The van der Waals surface area contributed by atoms with E-state index in [2.05, 4.69) is 5.32 Å². The van der Waals surface area contributed by atoms with Crippen molar-refractivity contribution >= 4 is 5.69 Å². The minimum absolute atomic E-state index is 0.200. The minimum atomic E-state index is -0.335. The molecule has 0 bridgehead atoms. The molecule has 0 saturated heterocycles. The molecule has 0 atom stereocenters. The van der Waals surface area contributed by atoms with Crippen LogP contribution in [-0.4, -0.2) is 11.5 Å². The molecule has 2 rings (SSSR count). The zero-order chi connectivity index (χ0) is 9.97. The van der Waals surface area contributed by atoms with E-state index in [1.54, 1.807) is 12.1 Å². The largest absolute Gasteiger partial charge is 0.313 e. The lowest BCUT2D eigenvalue weighted by Gasteiger charge is -2.03. The molecule has 1 aromatic rings. The van der Waals surface area contributed by atoms with Crippen molar-refractivity contribution in [3.05, 3.63) is 39.4 Å². The molecule has 0 spiro atoms. The molecule has 14 heavy (non-hydrogen) atoms. The molecule has 1 N–H and O–H groups in total. The fourth-order valence-electron chi connectivity index (χ4n) is 1.76. The van der Waals surface area contributed by atoms with Gasteiger partial charge in [0.2, 0.25) is 0 Å². The third-order valence-electron chi connectivity index (χ3n) is 2.52. The van der Waals surface area contributed by atoms with Crippen LogP contribution in [0.5, 0.6) is 0 Å². The molecular formula is C10H12N2O2. The summed E-state index contributed by atoms with van der Waals surface area (Å²) in [6, 6.07) is 5.12. The van der Waals surface area contributed by atoms with Crippen molar-refractivity contribution in [2.45, 2.75) is 19.4 Å². The molecule has 1 aliphatic heterocycles. The Morgan fingerprint density at radius 2 is 2.21 bits per heavy atom. The zero-order valence-corrected chi connectivity index (χ0v) is 7.82. The monoisotopic (exact) mass is 192 g/mol. The number of hydrogen-bond donors (Lipinski definition) is 1. The summed E-state index contributed by atoms with van der Waals surface area (Å²) in [5.41, 5.74) is 2.50. The van der Waals surface area contributed by atoms with Crippen LogP contribution in [0.2, 0.25) is 0 Å². The zero-order valence-electron chi connectivity index (χ0n) is 7.82. The van der Waals surface area contributed by atoms with E-state index in [0.717, 1.165) is 31.5 Å². The van der Waals surface area contributed by atoms with Crippen molar-refractivity contribution < 1.29 is 4.92 Å². The number of nitro groups is 1. The second-order valence-corrected chi connectivity index (χ2v) is 3.49. The van der Waals surface area contributed by atoms with E-state index in [9.17, 15) is 10.1 Å². The van der Waals surface area contributed by atoms with E-state index >= 15 is 0 Å². The Balaban J connectivity index is 2.37. The molecule has 1 heterocycles. The Bertz CT molecular complexity index is 363. The maximum atomic E-state index is 10.6. The number of benzene rings is 1. The highest BCUT2D eigenvalue weighted by Crippen LogP contribution is 2.20. The molecule has 1 aliphatic rings. The summed E-state index contributed by atoms with van der Waals surface area (Å²) < 4.78 is 0. The summed E-state index contributed by atoms with van der Waals surface area (Å²) in [4.78, 5) is 10.2. The lowest BCUT2D eigenvalue weighted by atomic mass is 10.0. The maximum absolute atomic E-state index is 10.6. The Morgan fingerprint density at radius 3 is 3.00 bits per heavy atom. The number of nitrogens with zero attached hydrogens (tertiary/aromatic N) is 1. The first-order chi connectivity index (χ1) is 6.77. The van der Waals surface area contributed by atoms with E-state index < -0.39 is 0 Å². The van der Waals surface area contributed by atoms with Crippen molar-refractivity contribution in [2.24, 2.45) is 0 Å². The molecule has 0 amide bonds. The molecule has 0 radical (unpaired) electrons. The standard InChI is InChI=1S/C10H12N2O2/c13-12(14)10-4-3-9-7-11-5-1-2-8(9)6-10/h3-4,6,11H,1-2,5,7H2. The van der Waals surface area contributed by atoms with Crippen molar-refractivity contribution in [1.82, 2.24) is 5.32 Å². The first-order valence-electron chi connectivity index (χ1n) is 4.74. The first kappa shape index (κ1) is 9.15. The molecule has 1 aromatic carbocycles. The molecule has 0 aromatic heterocycles. The van der Waals surface area contributed by atoms with Crippen molar-refractivity contribution in [1.29, 1.82) is 0 Å². The van der Waals surface area contributed by atoms with Crippen LogP contribution in [0.4, 0.5) is 5.69 Å². The molecule has 0 saturated carbocycles. The lowest BCUT2D eigenvalue weighted by molar-refractivity contribution is -0.384. The van der Waals surface area contributed by atoms with E-state index in [4.69, 9.17) is 0 Å². The van der Waals surface area contributed by atoms with Crippen LogP contribution in [0.15, 0.2) is 18.2 Å². The number of hydrogen-bond acceptors (Lipinski definition) is 3. The van der Waals surface area contributed by atoms with Crippen LogP contribution in [0.3, 0.4) is 0 Å². The topological polar surface area (TPSA) is 55.2 Å². The van der Waals surface area contributed by atoms with Gasteiger partial charge in [-0.05, 0) is 30.5 Å². The number of fused-ring (bicyclic) bond motifs is 1. The number of nitro benzene ring substituents is 1. The van der Waals surface area contributed by atoms with Gasteiger partial charge in [-0.3, -0.25) is 10.1 Å². The summed E-state index contributed by atoms with van der Waals surface area (Å²) in [5.74, 6) is 0. The van der Waals surface area contributed by atoms with Gasteiger partial charge >= 0.3 is 0 Å². The first-order valence-corrected chi connectivity index (χ1v) is 4.74. The third kappa shape index (κ3) is 1.75. The van der Waals surface area contributed by atoms with E-state index in [-0.39, 0.29) is 10.6 Å². The van der Waals surface area contributed by atoms with Crippen molar-refractivity contribution in [3.63, 3.8) is 0 Å². The average molecular weight is 192 g/mol. The summed E-state index contributed by atoms with van der Waals surface area (Å²) in [6.45, 7) is 1.82. The summed E-state index contributed by atoms with van der Waals surface area (Å²) in [6.07, 6.45) is 1.98. The lowest BCUT2D eigenvalue weighted by Crippen LogP contribution is -2.11. The molecule has 0 aliphatic carbocycles. The Morgan fingerprint density at radius 1 is 1.36 bits per heavy atom. The van der Waals surface area contributed by atoms with Gasteiger partial charge < -0.3 is 5.32 Å². The second-order valence-electron chi connectivity index (χ2n) is 3.49. The van der Waals surface area contributed by atoms with Crippen LogP contribution in [0.25, 0.3) is 0 Å². The van der Waals surface area contributed by atoms with E-state index in [1.165, 1.54) is 5.56 Å². The van der Waals surface area contributed by atoms with Gasteiger partial charge in [0.05, 0.1) is 4.92 Å². The van der Waals surface area contributed by atoms with Gasteiger partial charge in [0.25, 0.3) is 5.69 Å². The highest BCUT2D eigenvalue weighted by molar-refractivity contribution is 5.40. The van der Waals surface area contributed by atoms with Gasteiger partial charge in [0.15, 0.2) is 0 Å². The molecular weight excluding hydrogens is 180 g/mol. The molecule has 74 valence electrons. The van der Waals surface area contributed by atoms with E-state index in [0.29, 0.717) is 0 Å². The SMILES string of the molecule is O=[N+]([O-])c1ccc2c(c1)CCCNC2. The highest BCUT2D eigenvalue weighted by atomic mass is 16.6. The predicted molar refractivity (Wildman–Crippen MR) is 53.1 cm³/mol. The minimum Gasteiger partial charge on any atom is -0.313 e. The number of nitrogens with one attached hydrogen (secondary N) is 1. The molecule has 0 unspecified atom stereocenters. The van der Waals surface area contributed by atoms with Crippen molar-refractivity contribution in [2.75, 3.05) is 6.54 Å².